The number of rotatable bonds is 1. The van der Waals surface area contributed by atoms with Crippen molar-refractivity contribution in [2.24, 2.45) is 23.7 Å². The Labute approximate surface area is 96.9 Å². The van der Waals surface area contributed by atoms with Gasteiger partial charge in [0.15, 0.2) is 0 Å². The molecule has 0 spiro atoms. The summed E-state index contributed by atoms with van der Waals surface area (Å²) < 4.78 is 0.562. The number of hydrogen-bond donors (Lipinski definition) is 0. The molecule has 0 aromatic carbocycles. The van der Waals surface area contributed by atoms with Crippen molar-refractivity contribution in [3.63, 3.8) is 0 Å². The van der Waals surface area contributed by atoms with Gasteiger partial charge in [-0.05, 0) is 30.6 Å². The van der Waals surface area contributed by atoms with Crippen LogP contribution in [0.5, 0.6) is 0 Å². The topological polar surface area (TPSA) is 43.1 Å². The van der Waals surface area contributed by atoms with E-state index in [0.29, 0.717) is 21.7 Å². The van der Waals surface area contributed by atoms with Crippen LogP contribution in [0, 0.1) is 33.8 Å². The summed E-state index contributed by atoms with van der Waals surface area (Å²) in [6.07, 6.45) is 3.37. The van der Waals surface area contributed by atoms with Crippen LogP contribution in [-0.2, 0) is 0 Å². The Morgan fingerprint density at radius 3 is 2.71 bits per heavy atom. The summed E-state index contributed by atoms with van der Waals surface area (Å²) in [4.78, 5) is 11.2. The summed E-state index contributed by atoms with van der Waals surface area (Å²) in [7, 11) is 0. The quantitative estimate of drug-likeness (QED) is 0.323. The molecule has 4 heteroatoms. The summed E-state index contributed by atoms with van der Waals surface area (Å²) in [6, 6.07) is 0. The van der Waals surface area contributed by atoms with Crippen molar-refractivity contribution in [3.8, 4) is 0 Å². The van der Waals surface area contributed by atoms with E-state index >= 15 is 0 Å². The molecule has 0 aromatic rings. The summed E-state index contributed by atoms with van der Waals surface area (Å²) in [6.45, 7) is 1.88. The Bertz CT molecular complexity index is 306. The third-order valence-electron chi connectivity index (χ3n) is 4.85. The van der Waals surface area contributed by atoms with E-state index < -0.39 is 5.54 Å². The van der Waals surface area contributed by atoms with E-state index in [1.165, 1.54) is 12.8 Å². The molecule has 6 atom stereocenters. The van der Waals surface area contributed by atoms with Crippen LogP contribution >= 0.6 is 22.6 Å². The lowest BCUT2D eigenvalue weighted by Crippen LogP contribution is -2.42. The Hall–Kier alpha value is 0.130. The predicted octanol–water partition coefficient (Wildman–Crippen LogP) is 2.50. The van der Waals surface area contributed by atoms with Crippen molar-refractivity contribution in [1.29, 1.82) is 0 Å². The van der Waals surface area contributed by atoms with Gasteiger partial charge in [0.25, 0.3) is 0 Å². The van der Waals surface area contributed by atoms with E-state index in [2.05, 4.69) is 22.6 Å². The third kappa shape index (κ3) is 0.888. The molecule has 3 nitrogen and oxygen atoms in total. The predicted molar refractivity (Wildman–Crippen MR) is 61.0 cm³/mol. The fraction of sp³-hybridized carbons (Fsp3) is 1.00. The second kappa shape index (κ2) is 2.62. The molecule has 0 aliphatic heterocycles. The van der Waals surface area contributed by atoms with Crippen molar-refractivity contribution in [2.75, 3.05) is 0 Å². The van der Waals surface area contributed by atoms with E-state index in [-0.39, 0.29) is 4.92 Å². The second-order valence-corrected chi connectivity index (χ2v) is 6.88. The number of nitrogens with zero attached hydrogens (tertiary/aromatic N) is 1. The van der Waals surface area contributed by atoms with Crippen molar-refractivity contribution >= 4 is 22.6 Å². The van der Waals surface area contributed by atoms with E-state index in [9.17, 15) is 10.1 Å². The maximum Gasteiger partial charge on any atom is 0.223 e. The van der Waals surface area contributed by atoms with Gasteiger partial charge in [0.1, 0.15) is 0 Å². The summed E-state index contributed by atoms with van der Waals surface area (Å²) in [5.41, 5.74) is -0.605. The SMILES string of the molecule is C[C@]1([N+](=O)[O-])C[C@@H]2C[C@H]3C[C@@H]2[C@@H]1[C@@H]3I. The smallest absolute Gasteiger partial charge is 0.223 e. The molecule has 0 heterocycles. The average Bonchev–Trinajstić information content (AvgIpc) is 2.64. The van der Waals surface area contributed by atoms with E-state index in [1.54, 1.807) is 0 Å². The molecule has 0 N–H and O–H groups in total. The Balaban J connectivity index is 2.03. The fourth-order valence-corrected chi connectivity index (χ4v) is 6.23. The lowest BCUT2D eigenvalue weighted by atomic mass is 9.84. The van der Waals surface area contributed by atoms with Gasteiger partial charge in [-0.2, -0.15) is 0 Å². The highest BCUT2D eigenvalue weighted by Crippen LogP contribution is 2.65. The van der Waals surface area contributed by atoms with Crippen molar-refractivity contribution < 1.29 is 4.92 Å². The molecular formula is C10H14INO2. The number of alkyl halides is 1. The molecule has 0 saturated heterocycles. The lowest BCUT2D eigenvalue weighted by Gasteiger charge is -2.27. The molecule has 3 aliphatic rings. The molecule has 3 saturated carbocycles. The normalized spacial score (nSPS) is 59.4. The maximum atomic E-state index is 11.2. The minimum Gasteiger partial charge on any atom is -0.264 e. The van der Waals surface area contributed by atoms with Gasteiger partial charge in [0, 0.05) is 28.1 Å². The molecule has 0 aromatic heterocycles. The van der Waals surface area contributed by atoms with Gasteiger partial charge in [-0.15, -0.1) is 0 Å². The van der Waals surface area contributed by atoms with Gasteiger partial charge in [-0.1, -0.05) is 22.6 Å². The van der Waals surface area contributed by atoms with Crippen LogP contribution in [0.3, 0.4) is 0 Å². The average molecular weight is 307 g/mol. The minimum absolute atomic E-state index is 0.00400. The highest BCUT2D eigenvalue weighted by molar-refractivity contribution is 14.1. The number of hydrogen-bond acceptors (Lipinski definition) is 2. The maximum absolute atomic E-state index is 11.2. The summed E-state index contributed by atoms with van der Waals surface area (Å²) >= 11 is 2.47. The molecule has 3 aliphatic carbocycles. The van der Waals surface area contributed by atoms with E-state index in [1.807, 2.05) is 6.92 Å². The van der Waals surface area contributed by atoms with Crippen molar-refractivity contribution in [1.82, 2.24) is 0 Å². The summed E-state index contributed by atoms with van der Waals surface area (Å²) in [5.74, 6) is 2.50. The lowest BCUT2D eigenvalue weighted by molar-refractivity contribution is -0.572. The Morgan fingerprint density at radius 1 is 1.43 bits per heavy atom. The van der Waals surface area contributed by atoms with Crippen molar-refractivity contribution in [2.45, 2.75) is 35.6 Å². The number of halogens is 1. The van der Waals surface area contributed by atoms with Gasteiger partial charge in [0.05, 0.1) is 0 Å². The largest absolute Gasteiger partial charge is 0.264 e. The molecule has 0 unspecified atom stereocenters. The first kappa shape index (κ1) is 9.36. The first-order valence-electron chi connectivity index (χ1n) is 5.32. The zero-order valence-electron chi connectivity index (χ0n) is 8.15. The van der Waals surface area contributed by atoms with E-state index in [4.69, 9.17) is 0 Å². The van der Waals surface area contributed by atoms with Crippen molar-refractivity contribution in [3.05, 3.63) is 10.1 Å². The molecule has 2 bridgehead atoms. The molecule has 14 heavy (non-hydrogen) atoms. The molecule has 3 rings (SSSR count). The zero-order valence-corrected chi connectivity index (χ0v) is 10.3. The molecular weight excluding hydrogens is 293 g/mol. The molecule has 78 valence electrons. The highest BCUT2D eigenvalue weighted by atomic mass is 127. The van der Waals surface area contributed by atoms with Crippen LogP contribution in [0.25, 0.3) is 0 Å². The van der Waals surface area contributed by atoms with Gasteiger partial charge in [-0.25, -0.2) is 0 Å². The zero-order chi connectivity index (χ0) is 10.1. The van der Waals surface area contributed by atoms with Crippen LogP contribution in [0.4, 0.5) is 0 Å². The molecule has 0 radical (unpaired) electrons. The first-order chi connectivity index (χ1) is 6.54. The van der Waals surface area contributed by atoms with Gasteiger partial charge < -0.3 is 0 Å². The van der Waals surface area contributed by atoms with Crippen LogP contribution in [0.1, 0.15) is 26.2 Å². The Morgan fingerprint density at radius 2 is 2.14 bits per heavy atom. The van der Waals surface area contributed by atoms with Crippen LogP contribution in [-0.4, -0.2) is 14.4 Å². The molecule has 3 fully saturated rings. The molecule has 0 amide bonds. The van der Waals surface area contributed by atoms with Gasteiger partial charge in [0.2, 0.25) is 5.54 Å². The minimum atomic E-state index is -0.605. The highest BCUT2D eigenvalue weighted by Gasteiger charge is 2.68. The Kier molecular flexibility index (Phi) is 1.76. The number of fused-ring (bicyclic) bond motifs is 1. The van der Waals surface area contributed by atoms with E-state index in [0.717, 1.165) is 12.3 Å². The summed E-state index contributed by atoms with van der Waals surface area (Å²) in [5, 5.41) is 11.2. The monoisotopic (exact) mass is 307 g/mol. The standard InChI is InChI=1S/C10H14INO2/c1-10(12(13)14)4-6-2-5-3-7(6)8(10)9(5)11/h5-9H,2-4H2,1H3/t5-,6-,7-,8+,9+,10-/m0/s1. The third-order valence-corrected chi connectivity index (χ3v) is 6.64. The van der Waals surface area contributed by atoms with Crippen LogP contribution in [0.15, 0.2) is 0 Å². The van der Waals surface area contributed by atoms with Gasteiger partial charge in [-0.3, -0.25) is 10.1 Å². The van der Waals surface area contributed by atoms with Crippen LogP contribution < -0.4 is 0 Å². The second-order valence-electron chi connectivity index (χ2n) is 5.44. The number of nitro groups is 1. The van der Waals surface area contributed by atoms with Crippen LogP contribution in [0.2, 0.25) is 0 Å². The van der Waals surface area contributed by atoms with Gasteiger partial charge >= 0.3 is 0 Å². The fourth-order valence-electron chi connectivity index (χ4n) is 4.33. The first-order valence-corrected chi connectivity index (χ1v) is 6.57.